The standard InChI is InChI=1S/C21H21F2NO4/c1-13-11-17(13)20(26)27-12-18(25)24-19(14-5-3-2-4-6-14)15-7-9-16(10-8-15)28-21(22)23/h2-10,13,17,19,21H,11-12H2,1H3,(H,24,25)/t13-,17-,19-/m0/s1. The molecule has 0 radical (unpaired) electrons. The highest BCUT2D eigenvalue weighted by atomic mass is 19.3. The molecule has 0 saturated heterocycles. The van der Waals surface area contributed by atoms with Gasteiger partial charge in [0.25, 0.3) is 5.91 Å². The fraction of sp³-hybridized carbons (Fsp3) is 0.333. The number of ether oxygens (including phenoxy) is 2. The molecule has 1 N–H and O–H groups in total. The Labute approximate surface area is 161 Å². The summed E-state index contributed by atoms with van der Waals surface area (Å²) in [5, 5.41) is 2.83. The topological polar surface area (TPSA) is 64.6 Å². The highest BCUT2D eigenvalue weighted by molar-refractivity contribution is 5.82. The summed E-state index contributed by atoms with van der Waals surface area (Å²) in [7, 11) is 0. The van der Waals surface area contributed by atoms with Crippen LogP contribution in [0.3, 0.4) is 0 Å². The number of hydrogen-bond donors (Lipinski definition) is 1. The maximum atomic E-state index is 12.3. The van der Waals surface area contributed by atoms with E-state index in [9.17, 15) is 18.4 Å². The highest BCUT2D eigenvalue weighted by Crippen LogP contribution is 2.38. The molecule has 1 fully saturated rings. The van der Waals surface area contributed by atoms with Crippen LogP contribution in [-0.4, -0.2) is 25.1 Å². The van der Waals surface area contributed by atoms with Crippen LogP contribution in [0.4, 0.5) is 8.78 Å². The largest absolute Gasteiger partial charge is 0.455 e. The number of nitrogens with one attached hydrogen (secondary N) is 1. The molecular weight excluding hydrogens is 368 g/mol. The number of benzene rings is 2. The van der Waals surface area contributed by atoms with E-state index in [1.165, 1.54) is 12.1 Å². The number of rotatable bonds is 8. The number of halogens is 2. The SMILES string of the molecule is C[C@H]1C[C@@H]1C(=O)OCC(=O)N[C@@H](c1ccccc1)c1ccc(OC(F)F)cc1. The van der Waals surface area contributed by atoms with Gasteiger partial charge in [-0.1, -0.05) is 49.4 Å². The van der Waals surface area contributed by atoms with Crippen molar-refractivity contribution in [3.8, 4) is 5.75 Å². The number of hydrogen-bond acceptors (Lipinski definition) is 4. The number of esters is 1. The summed E-state index contributed by atoms with van der Waals surface area (Å²) < 4.78 is 34.1. The third-order valence-electron chi connectivity index (χ3n) is 4.63. The predicted molar refractivity (Wildman–Crippen MR) is 97.7 cm³/mol. The molecule has 0 heterocycles. The van der Waals surface area contributed by atoms with Crippen LogP contribution in [0.2, 0.25) is 0 Å². The minimum Gasteiger partial charge on any atom is -0.455 e. The van der Waals surface area contributed by atoms with E-state index >= 15 is 0 Å². The van der Waals surface area contributed by atoms with Crippen molar-refractivity contribution < 1.29 is 27.8 Å². The summed E-state index contributed by atoms with van der Waals surface area (Å²) in [6.45, 7) is -1.31. The normalized spacial score (nSPS) is 19.0. The zero-order valence-electron chi connectivity index (χ0n) is 15.3. The quantitative estimate of drug-likeness (QED) is 0.700. The van der Waals surface area contributed by atoms with Crippen molar-refractivity contribution in [3.05, 3.63) is 65.7 Å². The molecule has 7 heteroatoms. The fourth-order valence-electron chi connectivity index (χ4n) is 2.94. The van der Waals surface area contributed by atoms with Crippen LogP contribution in [0.1, 0.15) is 30.5 Å². The van der Waals surface area contributed by atoms with Crippen LogP contribution in [0.15, 0.2) is 54.6 Å². The lowest BCUT2D eigenvalue weighted by Crippen LogP contribution is -2.33. The first-order valence-corrected chi connectivity index (χ1v) is 8.99. The Balaban J connectivity index is 1.69. The molecule has 0 bridgehead atoms. The smallest absolute Gasteiger partial charge is 0.387 e. The zero-order valence-corrected chi connectivity index (χ0v) is 15.3. The molecule has 0 spiro atoms. The summed E-state index contributed by atoms with van der Waals surface area (Å²) >= 11 is 0. The van der Waals surface area contributed by atoms with Gasteiger partial charge in [0.15, 0.2) is 6.61 Å². The number of amides is 1. The van der Waals surface area contributed by atoms with Crippen LogP contribution in [-0.2, 0) is 14.3 Å². The maximum Gasteiger partial charge on any atom is 0.387 e. The van der Waals surface area contributed by atoms with E-state index in [0.717, 1.165) is 12.0 Å². The van der Waals surface area contributed by atoms with E-state index in [0.29, 0.717) is 11.5 Å². The Morgan fingerprint density at radius 2 is 1.68 bits per heavy atom. The Kier molecular flexibility index (Phi) is 6.23. The summed E-state index contributed by atoms with van der Waals surface area (Å²) in [6.07, 6.45) is 0.792. The van der Waals surface area contributed by atoms with Crippen LogP contribution in [0.25, 0.3) is 0 Å². The molecule has 0 aliphatic heterocycles. The molecule has 28 heavy (non-hydrogen) atoms. The molecule has 0 unspecified atom stereocenters. The second-order valence-corrected chi connectivity index (χ2v) is 6.79. The van der Waals surface area contributed by atoms with Gasteiger partial charge in [-0.05, 0) is 35.6 Å². The molecule has 1 aliphatic carbocycles. The van der Waals surface area contributed by atoms with E-state index in [2.05, 4.69) is 10.1 Å². The van der Waals surface area contributed by atoms with Crippen molar-refractivity contribution in [1.82, 2.24) is 5.32 Å². The van der Waals surface area contributed by atoms with Gasteiger partial charge in [-0.25, -0.2) is 0 Å². The third kappa shape index (κ3) is 5.28. The van der Waals surface area contributed by atoms with Gasteiger partial charge in [0.1, 0.15) is 5.75 Å². The van der Waals surface area contributed by atoms with E-state index in [4.69, 9.17) is 4.74 Å². The lowest BCUT2D eigenvalue weighted by atomic mass is 9.98. The summed E-state index contributed by atoms with van der Waals surface area (Å²) in [6, 6.07) is 14.7. The molecule has 0 aromatic heterocycles. The molecule has 3 atom stereocenters. The lowest BCUT2D eigenvalue weighted by molar-refractivity contribution is -0.150. The molecule has 148 valence electrons. The molecule has 5 nitrogen and oxygen atoms in total. The van der Waals surface area contributed by atoms with Crippen LogP contribution < -0.4 is 10.1 Å². The molecule has 2 aromatic carbocycles. The third-order valence-corrected chi connectivity index (χ3v) is 4.63. The van der Waals surface area contributed by atoms with Crippen molar-refractivity contribution in [3.63, 3.8) is 0 Å². The van der Waals surface area contributed by atoms with Gasteiger partial charge in [0.2, 0.25) is 0 Å². The average Bonchev–Trinajstić information content (AvgIpc) is 3.42. The first-order chi connectivity index (χ1) is 13.4. The number of carbonyl (C=O) groups is 2. The molecule has 1 aliphatic rings. The van der Waals surface area contributed by atoms with Crippen LogP contribution in [0, 0.1) is 11.8 Å². The van der Waals surface area contributed by atoms with Gasteiger partial charge >= 0.3 is 12.6 Å². The van der Waals surface area contributed by atoms with Crippen molar-refractivity contribution in [2.45, 2.75) is 26.0 Å². The number of carbonyl (C=O) groups excluding carboxylic acids is 2. The summed E-state index contributed by atoms with van der Waals surface area (Å²) in [4.78, 5) is 24.1. The second kappa shape index (κ2) is 8.82. The van der Waals surface area contributed by atoms with Crippen molar-refractivity contribution in [2.75, 3.05) is 6.61 Å². The molecule has 3 rings (SSSR count). The molecule has 2 aromatic rings. The first-order valence-electron chi connectivity index (χ1n) is 8.99. The van der Waals surface area contributed by atoms with E-state index < -0.39 is 18.6 Å². The maximum absolute atomic E-state index is 12.3. The second-order valence-electron chi connectivity index (χ2n) is 6.79. The Morgan fingerprint density at radius 3 is 2.25 bits per heavy atom. The Morgan fingerprint density at radius 1 is 1.07 bits per heavy atom. The van der Waals surface area contributed by atoms with Crippen molar-refractivity contribution in [2.24, 2.45) is 11.8 Å². The summed E-state index contributed by atoms with van der Waals surface area (Å²) in [5.41, 5.74) is 1.49. The Bertz CT molecular complexity index is 811. The fourth-order valence-corrected chi connectivity index (χ4v) is 2.94. The van der Waals surface area contributed by atoms with Crippen LogP contribution >= 0.6 is 0 Å². The Hall–Kier alpha value is -2.96. The van der Waals surface area contributed by atoms with E-state index in [1.54, 1.807) is 12.1 Å². The van der Waals surface area contributed by atoms with Crippen LogP contribution in [0.5, 0.6) is 5.75 Å². The van der Waals surface area contributed by atoms with Crippen molar-refractivity contribution >= 4 is 11.9 Å². The van der Waals surface area contributed by atoms with E-state index in [1.807, 2.05) is 37.3 Å². The molecular formula is C21H21F2NO4. The van der Waals surface area contributed by atoms with E-state index in [-0.39, 0.29) is 24.2 Å². The zero-order chi connectivity index (χ0) is 20.1. The summed E-state index contributed by atoms with van der Waals surface area (Å²) in [5.74, 6) is -0.568. The average molecular weight is 389 g/mol. The first kappa shape index (κ1) is 19.8. The van der Waals surface area contributed by atoms with Gasteiger partial charge in [-0.2, -0.15) is 8.78 Å². The van der Waals surface area contributed by atoms with Gasteiger partial charge in [0, 0.05) is 0 Å². The predicted octanol–water partition coefficient (Wildman–Crippen LogP) is 3.69. The van der Waals surface area contributed by atoms with Gasteiger partial charge < -0.3 is 14.8 Å². The highest BCUT2D eigenvalue weighted by Gasteiger charge is 2.40. The minimum absolute atomic E-state index is 0.0318. The van der Waals surface area contributed by atoms with Gasteiger partial charge in [-0.3, -0.25) is 9.59 Å². The number of alkyl halides is 2. The minimum atomic E-state index is -2.90. The van der Waals surface area contributed by atoms with Gasteiger partial charge in [-0.15, -0.1) is 0 Å². The van der Waals surface area contributed by atoms with Gasteiger partial charge in [0.05, 0.1) is 12.0 Å². The van der Waals surface area contributed by atoms with Crippen molar-refractivity contribution in [1.29, 1.82) is 0 Å². The molecule has 1 saturated carbocycles. The molecule has 1 amide bonds. The lowest BCUT2D eigenvalue weighted by Gasteiger charge is -2.20. The monoisotopic (exact) mass is 389 g/mol.